The molecule has 0 bridgehead atoms. The fraction of sp³-hybridized carbons (Fsp3) is 0.367. The highest BCUT2D eigenvalue weighted by Gasteiger charge is 2.33. The Morgan fingerprint density at radius 3 is 2.21 bits per heavy atom. The van der Waals surface area contributed by atoms with Gasteiger partial charge in [0.15, 0.2) is 0 Å². The van der Waals surface area contributed by atoms with Gasteiger partial charge < -0.3 is 9.47 Å². The molecule has 2 rings (SSSR count). The first-order valence-electron chi connectivity index (χ1n) is 12.6. The predicted octanol–water partition coefficient (Wildman–Crippen LogP) is 8.05. The third kappa shape index (κ3) is 9.50. The van der Waals surface area contributed by atoms with Crippen LogP contribution in [-0.4, -0.2) is 54.2 Å². The van der Waals surface area contributed by atoms with Crippen molar-refractivity contribution in [2.75, 3.05) is 32.8 Å². The summed E-state index contributed by atoms with van der Waals surface area (Å²) >= 11 is 0. The molecule has 0 aliphatic rings. The highest BCUT2D eigenvalue weighted by Crippen LogP contribution is 2.39. The van der Waals surface area contributed by atoms with E-state index in [0.29, 0.717) is 23.0 Å². The number of benzene rings is 2. The van der Waals surface area contributed by atoms with Crippen LogP contribution in [0.4, 0.5) is 31.1 Å². The van der Waals surface area contributed by atoms with Crippen LogP contribution in [0, 0.1) is 0 Å². The van der Waals surface area contributed by atoms with Gasteiger partial charge in [-0.15, -0.1) is 0 Å². The maximum absolute atomic E-state index is 13.8. The van der Waals surface area contributed by atoms with Crippen LogP contribution in [0.1, 0.15) is 36.5 Å². The summed E-state index contributed by atoms with van der Waals surface area (Å²) in [5, 5.41) is 0. The number of alkyl halides is 6. The monoisotopic (exact) mass is 617 g/mol. The molecule has 0 N–H and O–H groups in total. The second-order valence-electron chi connectivity index (χ2n) is 9.63. The van der Waals surface area contributed by atoms with Gasteiger partial charge in [0, 0.05) is 41.5 Å². The lowest BCUT2D eigenvalue weighted by atomic mass is 9.92. The minimum Gasteiger partial charge on any atom is -0.496 e. The maximum Gasteiger partial charge on any atom is 0.416 e. The van der Waals surface area contributed by atoms with E-state index in [4.69, 9.17) is 9.47 Å². The van der Waals surface area contributed by atoms with Gasteiger partial charge in [0.05, 0.1) is 25.4 Å². The second kappa shape index (κ2) is 14.6. The van der Waals surface area contributed by atoms with Crippen LogP contribution in [0.3, 0.4) is 0 Å². The number of carbonyl (C=O) groups excluding carboxylic acids is 1. The van der Waals surface area contributed by atoms with Gasteiger partial charge in [0.1, 0.15) is 5.75 Å². The number of rotatable bonds is 11. The van der Waals surface area contributed by atoms with Gasteiger partial charge in [0.2, 0.25) is 0 Å². The predicted molar refractivity (Wildman–Crippen MR) is 152 cm³/mol. The van der Waals surface area contributed by atoms with Crippen molar-refractivity contribution in [1.29, 1.82) is 0 Å². The first kappa shape index (κ1) is 34.7. The molecule has 230 valence electrons. The van der Waals surface area contributed by atoms with Crippen LogP contribution in [0.25, 0.3) is 11.1 Å². The number of methoxy groups -OCH3 is 2. The summed E-state index contributed by atoms with van der Waals surface area (Å²) in [6, 6.07) is 8.37. The first-order valence-corrected chi connectivity index (χ1v) is 14.4. The van der Waals surface area contributed by atoms with Crippen LogP contribution in [0.2, 0.25) is 0 Å². The standard InChI is InChI=1S/C30H33F6NO4S/c1-7-23(29(31,32)33)14-20(12-13-42(6)39)17-37(28(38)41-5)18-22-15-24(30(34,35)36)9-10-25(22)26-16-21(19(2)3)8-11-27(26)40-4/h7-12,14-16,19H,1,13,17-18H2,2-6H3/b20-12+,23-14+. The van der Waals surface area contributed by atoms with Gasteiger partial charge in [-0.1, -0.05) is 44.7 Å². The number of ether oxygens (including phenoxy) is 2. The number of hydrogen-bond acceptors (Lipinski definition) is 4. The normalized spacial score (nSPS) is 13.6. The Labute approximate surface area is 244 Å². The second-order valence-corrected chi connectivity index (χ2v) is 11.1. The molecule has 2 aromatic carbocycles. The third-order valence-corrected chi connectivity index (χ3v) is 6.88. The molecule has 0 heterocycles. The molecule has 0 spiro atoms. The number of hydrogen-bond donors (Lipinski definition) is 0. The van der Waals surface area contributed by atoms with Crippen LogP contribution in [0.5, 0.6) is 5.75 Å². The summed E-state index contributed by atoms with van der Waals surface area (Å²) < 4.78 is 104. The summed E-state index contributed by atoms with van der Waals surface area (Å²) in [5.41, 5.74) is -0.418. The van der Waals surface area contributed by atoms with Crippen molar-refractivity contribution in [2.24, 2.45) is 0 Å². The van der Waals surface area contributed by atoms with Gasteiger partial charge in [0.25, 0.3) is 0 Å². The van der Waals surface area contributed by atoms with Crippen LogP contribution >= 0.6 is 0 Å². The molecule has 5 nitrogen and oxygen atoms in total. The van der Waals surface area contributed by atoms with Crippen molar-refractivity contribution in [3.8, 4) is 16.9 Å². The highest BCUT2D eigenvalue weighted by atomic mass is 32.2. The average molecular weight is 618 g/mol. The Balaban J connectivity index is 2.76. The van der Waals surface area contributed by atoms with E-state index in [0.717, 1.165) is 35.8 Å². The number of nitrogens with zero attached hydrogens (tertiary/aromatic N) is 1. The number of amides is 1. The summed E-state index contributed by atoms with van der Waals surface area (Å²) in [7, 11) is 1.03. The Morgan fingerprint density at radius 2 is 1.71 bits per heavy atom. The van der Waals surface area contributed by atoms with Crippen LogP contribution in [0.15, 0.2) is 72.4 Å². The van der Waals surface area contributed by atoms with Gasteiger partial charge in [-0.25, -0.2) is 4.79 Å². The van der Waals surface area contributed by atoms with Crippen LogP contribution in [-0.2, 0) is 28.3 Å². The van der Waals surface area contributed by atoms with Crippen molar-refractivity contribution < 1.29 is 44.8 Å². The van der Waals surface area contributed by atoms with E-state index < -0.39 is 53.5 Å². The lowest BCUT2D eigenvalue weighted by Gasteiger charge is -2.25. The molecule has 0 radical (unpaired) electrons. The molecule has 0 fully saturated rings. The molecule has 0 saturated carbocycles. The zero-order chi connectivity index (χ0) is 31.8. The fourth-order valence-corrected chi connectivity index (χ4v) is 4.50. The summed E-state index contributed by atoms with van der Waals surface area (Å²) in [6.45, 7) is 6.13. The zero-order valence-electron chi connectivity index (χ0n) is 23.9. The smallest absolute Gasteiger partial charge is 0.416 e. The van der Waals surface area contributed by atoms with Gasteiger partial charge >= 0.3 is 18.4 Å². The maximum atomic E-state index is 13.8. The quantitative estimate of drug-likeness (QED) is 0.189. The Bertz CT molecular complexity index is 1360. The number of carbonyl (C=O) groups is 1. The molecule has 0 aliphatic carbocycles. The Hall–Kier alpha value is -3.54. The topological polar surface area (TPSA) is 55.8 Å². The molecule has 1 atom stereocenters. The SMILES string of the molecule is C=C/C(=C\C(=C/CS(C)=O)CN(Cc1cc(C(F)(F)F)ccc1-c1cc(C(C)C)ccc1OC)C(=O)OC)C(F)(F)F. The first-order chi connectivity index (χ1) is 19.5. The molecular weight excluding hydrogens is 584 g/mol. The molecule has 1 amide bonds. The minimum atomic E-state index is -4.77. The fourth-order valence-electron chi connectivity index (χ4n) is 4.05. The molecule has 1 unspecified atom stereocenters. The lowest BCUT2D eigenvalue weighted by Crippen LogP contribution is -2.32. The van der Waals surface area contributed by atoms with E-state index in [1.807, 2.05) is 19.9 Å². The van der Waals surface area contributed by atoms with Crippen molar-refractivity contribution in [1.82, 2.24) is 4.90 Å². The summed E-state index contributed by atoms with van der Waals surface area (Å²) in [4.78, 5) is 13.8. The van der Waals surface area contributed by atoms with Crippen molar-refractivity contribution in [3.05, 3.63) is 89.0 Å². The van der Waals surface area contributed by atoms with Gasteiger partial charge in [-0.3, -0.25) is 9.11 Å². The van der Waals surface area contributed by atoms with Crippen molar-refractivity contribution in [2.45, 2.75) is 38.7 Å². The molecule has 2 aromatic rings. The van der Waals surface area contributed by atoms with E-state index >= 15 is 0 Å². The molecular formula is C30H33F6NO4S. The van der Waals surface area contributed by atoms with Crippen molar-refractivity contribution in [3.63, 3.8) is 0 Å². The largest absolute Gasteiger partial charge is 0.496 e. The van der Waals surface area contributed by atoms with Gasteiger partial charge in [-0.2, -0.15) is 26.3 Å². The molecule has 0 aromatic heterocycles. The van der Waals surface area contributed by atoms with E-state index in [1.165, 1.54) is 25.5 Å². The minimum absolute atomic E-state index is 0.0524. The highest BCUT2D eigenvalue weighted by molar-refractivity contribution is 7.84. The van der Waals surface area contributed by atoms with E-state index in [-0.39, 0.29) is 22.8 Å². The lowest BCUT2D eigenvalue weighted by molar-refractivity contribution is -0.137. The van der Waals surface area contributed by atoms with Gasteiger partial charge in [-0.05, 0) is 58.5 Å². The van der Waals surface area contributed by atoms with E-state index in [9.17, 15) is 35.3 Å². The van der Waals surface area contributed by atoms with E-state index in [2.05, 4.69) is 6.58 Å². The molecule has 0 saturated heterocycles. The number of halogens is 6. The Kier molecular flexibility index (Phi) is 12.0. The molecule has 0 aliphatic heterocycles. The van der Waals surface area contributed by atoms with E-state index in [1.54, 1.807) is 12.1 Å². The zero-order valence-corrected chi connectivity index (χ0v) is 24.7. The third-order valence-electron chi connectivity index (χ3n) is 6.25. The number of allylic oxidation sites excluding steroid dienone is 2. The molecule has 12 heteroatoms. The summed E-state index contributed by atoms with van der Waals surface area (Å²) in [5.74, 6) is 0.326. The van der Waals surface area contributed by atoms with Crippen molar-refractivity contribution >= 4 is 16.9 Å². The average Bonchev–Trinajstić information content (AvgIpc) is 2.91. The summed E-state index contributed by atoms with van der Waals surface area (Å²) in [6.07, 6.45) is -6.52. The Morgan fingerprint density at radius 1 is 1.05 bits per heavy atom. The molecule has 42 heavy (non-hydrogen) atoms. The van der Waals surface area contributed by atoms with Crippen LogP contribution < -0.4 is 4.74 Å².